The first-order valence-electron chi connectivity index (χ1n) is 12.6. The van der Waals surface area contributed by atoms with Gasteiger partial charge < -0.3 is 24.0 Å². The lowest BCUT2D eigenvalue weighted by Crippen LogP contribution is -2.53. The number of sulfonamides is 1. The highest BCUT2D eigenvalue weighted by Gasteiger charge is 2.44. The highest BCUT2D eigenvalue weighted by Crippen LogP contribution is 2.39. The number of likely N-dealkylation sites (N-methyl/N-ethyl adjacent to an activating group) is 1. The van der Waals surface area contributed by atoms with Crippen molar-refractivity contribution in [3.05, 3.63) is 48.5 Å². The van der Waals surface area contributed by atoms with Gasteiger partial charge in [0.2, 0.25) is 15.9 Å². The Balaban J connectivity index is 1.61. The minimum absolute atomic E-state index is 0.0444. The first-order valence-corrected chi connectivity index (χ1v) is 14.1. The molecule has 2 saturated heterocycles. The molecule has 2 aliphatic rings. The van der Waals surface area contributed by atoms with Crippen molar-refractivity contribution in [2.24, 2.45) is 5.41 Å². The van der Waals surface area contributed by atoms with Gasteiger partial charge in [-0.05, 0) is 44.2 Å². The first kappa shape index (κ1) is 27.2. The molecule has 37 heavy (non-hydrogen) atoms. The number of carbonyl (C=O) groups excluding carboxylic acids is 1. The maximum Gasteiger partial charge on any atom is 0.246 e. The van der Waals surface area contributed by atoms with Crippen molar-refractivity contribution >= 4 is 15.9 Å². The van der Waals surface area contributed by atoms with Crippen LogP contribution in [0.15, 0.2) is 53.4 Å². The number of rotatable bonds is 9. The van der Waals surface area contributed by atoms with Crippen LogP contribution in [0.5, 0.6) is 17.2 Å². The van der Waals surface area contributed by atoms with Gasteiger partial charge in [0.25, 0.3) is 0 Å². The zero-order valence-electron chi connectivity index (χ0n) is 21.9. The van der Waals surface area contributed by atoms with Crippen molar-refractivity contribution in [3.63, 3.8) is 0 Å². The number of hydrogen-bond donors (Lipinski definition) is 0. The van der Waals surface area contributed by atoms with Crippen molar-refractivity contribution in [3.8, 4) is 17.2 Å². The molecule has 0 saturated carbocycles. The maximum absolute atomic E-state index is 13.9. The number of methoxy groups -OCH3 is 2. The third-order valence-electron chi connectivity index (χ3n) is 7.29. The number of amides is 1. The molecule has 2 heterocycles. The Hall–Kier alpha value is -2.82. The molecule has 9 nitrogen and oxygen atoms in total. The number of piperazine rings is 1. The number of hydrogen-bond acceptors (Lipinski definition) is 7. The summed E-state index contributed by atoms with van der Waals surface area (Å²) in [5.74, 6) is 1.43. The molecule has 2 aliphatic heterocycles. The second kappa shape index (κ2) is 11.7. The summed E-state index contributed by atoms with van der Waals surface area (Å²) in [5.41, 5.74) is -0.659. The van der Waals surface area contributed by atoms with E-state index >= 15 is 0 Å². The van der Waals surface area contributed by atoms with Gasteiger partial charge in [-0.3, -0.25) is 4.79 Å². The minimum atomic E-state index is -3.92. The van der Waals surface area contributed by atoms with E-state index < -0.39 is 15.4 Å². The van der Waals surface area contributed by atoms with E-state index in [1.807, 2.05) is 42.3 Å². The zero-order chi connectivity index (χ0) is 26.5. The summed E-state index contributed by atoms with van der Waals surface area (Å²) in [6.07, 6.45) is 1.55. The van der Waals surface area contributed by atoms with Crippen LogP contribution in [0.4, 0.5) is 0 Å². The van der Waals surface area contributed by atoms with Crippen molar-refractivity contribution in [1.82, 2.24) is 14.1 Å². The Labute approximate surface area is 219 Å². The average molecular weight is 532 g/mol. The Morgan fingerprint density at radius 1 is 0.946 bits per heavy atom. The van der Waals surface area contributed by atoms with Gasteiger partial charge in [-0.1, -0.05) is 18.2 Å². The van der Waals surface area contributed by atoms with Crippen molar-refractivity contribution in [2.75, 3.05) is 67.1 Å². The molecular formula is C27H37N3O6S. The van der Waals surface area contributed by atoms with Gasteiger partial charge in [-0.2, -0.15) is 4.31 Å². The Morgan fingerprint density at radius 3 is 2.35 bits per heavy atom. The summed E-state index contributed by atoms with van der Waals surface area (Å²) in [5, 5.41) is 0. The van der Waals surface area contributed by atoms with Gasteiger partial charge in [0, 0.05) is 57.2 Å². The molecule has 0 aromatic heterocycles. The van der Waals surface area contributed by atoms with Gasteiger partial charge in [-0.15, -0.1) is 0 Å². The molecule has 4 rings (SSSR count). The number of benzene rings is 2. The predicted molar refractivity (Wildman–Crippen MR) is 141 cm³/mol. The summed E-state index contributed by atoms with van der Waals surface area (Å²) in [6.45, 7) is 3.80. The van der Waals surface area contributed by atoms with Crippen LogP contribution < -0.4 is 14.2 Å². The molecule has 2 fully saturated rings. The van der Waals surface area contributed by atoms with Gasteiger partial charge in [0.1, 0.15) is 22.1 Å². The van der Waals surface area contributed by atoms with E-state index in [-0.39, 0.29) is 36.1 Å². The van der Waals surface area contributed by atoms with E-state index in [1.165, 1.54) is 24.6 Å². The molecule has 10 heteroatoms. The van der Waals surface area contributed by atoms with Crippen molar-refractivity contribution in [2.45, 2.75) is 24.2 Å². The van der Waals surface area contributed by atoms with E-state index in [1.54, 1.807) is 12.1 Å². The van der Waals surface area contributed by atoms with Crippen molar-refractivity contribution in [1.29, 1.82) is 0 Å². The summed E-state index contributed by atoms with van der Waals surface area (Å²) in [7, 11) is 1.07. The highest BCUT2D eigenvalue weighted by molar-refractivity contribution is 7.89. The molecule has 0 bridgehead atoms. The minimum Gasteiger partial charge on any atom is -0.497 e. The maximum atomic E-state index is 13.9. The largest absolute Gasteiger partial charge is 0.497 e. The van der Waals surface area contributed by atoms with Crippen LogP contribution in [0.2, 0.25) is 0 Å². The van der Waals surface area contributed by atoms with Crippen LogP contribution in [0.1, 0.15) is 19.3 Å². The topological polar surface area (TPSA) is 88.6 Å². The second-order valence-electron chi connectivity index (χ2n) is 9.92. The normalized spacial score (nSPS) is 21.4. The van der Waals surface area contributed by atoms with Crippen LogP contribution in [-0.4, -0.2) is 95.6 Å². The fourth-order valence-corrected chi connectivity index (χ4v) is 6.81. The molecule has 0 aliphatic carbocycles. The molecule has 0 radical (unpaired) electrons. The monoisotopic (exact) mass is 531 g/mol. The molecule has 2 aromatic rings. The van der Waals surface area contributed by atoms with Gasteiger partial charge in [-0.25, -0.2) is 8.42 Å². The zero-order valence-corrected chi connectivity index (χ0v) is 22.7. The standard InChI is InChI=1S/C27H37N3O6S/c1-28-14-16-29(17-15-28)26(31)19-27(21-36-22-8-5-4-6-9-22)12-7-13-30(20-27)37(32,33)25-18-23(34-2)10-11-24(25)35-3/h4-6,8-11,18H,7,12-17,19-21H2,1-3H3/t27-/m1/s1. The lowest BCUT2D eigenvalue weighted by atomic mass is 9.78. The SMILES string of the molecule is COc1ccc(OC)c(S(=O)(=O)N2CCC[C@@](COc3ccccc3)(CC(=O)N3CCN(C)CC3)C2)c1. The molecular weight excluding hydrogens is 494 g/mol. The molecule has 202 valence electrons. The number of nitrogens with zero attached hydrogens (tertiary/aromatic N) is 3. The lowest BCUT2D eigenvalue weighted by Gasteiger charge is -2.43. The third-order valence-corrected chi connectivity index (χ3v) is 9.15. The summed E-state index contributed by atoms with van der Waals surface area (Å²) >= 11 is 0. The van der Waals surface area contributed by atoms with Crippen molar-refractivity contribution < 1.29 is 27.4 Å². The second-order valence-corrected chi connectivity index (χ2v) is 11.8. The Kier molecular flexibility index (Phi) is 8.61. The van der Waals surface area contributed by atoms with E-state index in [2.05, 4.69) is 4.90 Å². The quantitative estimate of drug-likeness (QED) is 0.492. The van der Waals surface area contributed by atoms with Gasteiger partial charge in [0.15, 0.2) is 0 Å². The van der Waals surface area contributed by atoms with E-state index in [0.29, 0.717) is 44.0 Å². The fraction of sp³-hybridized carbons (Fsp3) is 0.519. The number of carbonyl (C=O) groups is 1. The summed E-state index contributed by atoms with van der Waals surface area (Å²) < 4.78 is 46.0. The average Bonchev–Trinajstić information content (AvgIpc) is 2.92. The molecule has 1 atom stereocenters. The third kappa shape index (κ3) is 6.37. The van der Waals surface area contributed by atoms with Crippen LogP contribution >= 0.6 is 0 Å². The smallest absolute Gasteiger partial charge is 0.246 e. The van der Waals surface area contributed by atoms with Crippen LogP contribution in [0.25, 0.3) is 0 Å². The molecule has 1 amide bonds. The van der Waals surface area contributed by atoms with E-state index in [4.69, 9.17) is 14.2 Å². The number of ether oxygens (including phenoxy) is 3. The number of piperidine rings is 1. The fourth-order valence-electron chi connectivity index (χ4n) is 5.05. The summed E-state index contributed by atoms with van der Waals surface area (Å²) in [4.78, 5) is 17.6. The summed E-state index contributed by atoms with van der Waals surface area (Å²) in [6, 6.07) is 14.2. The Bertz CT molecular complexity index is 1170. The molecule has 0 unspecified atom stereocenters. The van der Waals surface area contributed by atoms with Crippen LogP contribution in [0, 0.1) is 5.41 Å². The lowest BCUT2D eigenvalue weighted by molar-refractivity contribution is -0.136. The predicted octanol–water partition coefficient (Wildman–Crippen LogP) is 2.72. The first-order chi connectivity index (χ1) is 17.8. The molecule has 0 spiro atoms. The van der Waals surface area contributed by atoms with E-state index in [0.717, 1.165) is 13.1 Å². The van der Waals surface area contributed by atoms with Gasteiger partial charge >= 0.3 is 0 Å². The van der Waals surface area contributed by atoms with Crippen LogP contribution in [0.3, 0.4) is 0 Å². The van der Waals surface area contributed by atoms with Crippen LogP contribution in [-0.2, 0) is 14.8 Å². The molecule has 2 aromatic carbocycles. The highest BCUT2D eigenvalue weighted by atomic mass is 32.2. The molecule has 0 N–H and O–H groups in total. The van der Waals surface area contributed by atoms with Gasteiger partial charge in [0.05, 0.1) is 20.8 Å². The Morgan fingerprint density at radius 2 is 1.68 bits per heavy atom. The van der Waals surface area contributed by atoms with E-state index in [9.17, 15) is 13.2 Å². The number of para-hydroxylation sites is 1.